The predicted octanol–water partition coefficient (Wildman–Crippen LogP) is 1.77. The van der Waals surface area contributed by atoms with Crippen molar-refractivity contribution in [3.63, 3.8) is 0 Å². The van der Waals surface area contributed by atoms with Crippen LogP contribution in [-0.4, -0.2) is 49.2 Å². The minimum Gasteiger partial charge on any atom is -0.382 e. The Balaban J connectivity index is 1.86. The summed E-state index contributed by atoms with van der Waals surface area (Å²) in [4.78, 5) is 14.6. The molecule has 2 aliphatic heterocycles. The molecule has 0 radical (unpaired) electrons. The highest BCUT2D eigenvalue weighted by Crippen LogP contribution is 2.28. The molecular weight excluding hydrogens is 254 g/mol. The van der Waals surface area contributed by atoms with Gasteiger partial charge in [0.15, 0.2) is 0 Å². The molecule has 1 saturated heterocycles. The van der Waals surface area contributed by atoms with Crippen LogP contribution in [0.15, 0.2) is 18.2 Å². The number of fused-ring (bicyclic) bond motifs is 1. The van der Waals surface area contributed by atoms with Gasteiger partial charge in [0.25, 0.3) is 5.91 Å². The Kier molecular flexibility index (Phi) is 3.30. The number of carbonyl (C=O) groups excluding carboxylic acids is 1. The Morgan fingerprint density at radius 1 is 1.25 bits per heavy atom. The zero-order valence-corrected chi connectivity index (χ0v) is 12.0. The van der Waals surface area contributed by atoms with Crippen molar-refractivity contribution >= 4 is 17.3 Å². The summed E-state index contributed by atoms with van der Waals surface area (Å²) in [6, 6.07) is 5.81. The highest BCUT2D eigenvalue weighted by molar-refractivity contribution is 5.97. The van der Waals surface area contributed by atoms with Gasteiger partial charge < -0.3 is 20.3 Å². The van der Waals surface area contributed by atoms with E-state index in [1.807, 2.05) is 36.9 Å². The van der Waals surface area contributed by atoms with E-state index in [4.69, 9.17) is 4.74 Å². The van der Waals surface area contributed by atoms with Crippen LogP contribution >= 0.6 is 0 Å². The van der Waals surface area contributed by atoms with Gasteiger partial charge >= 0.3 is 0 Å². The lowest BCUT2D eigenvalue weighted by Crippen LogP contribution is -2.55. The second-order valence-electron chi connectivity index (χ2n) is 5.94. The predicted molar refractivity (Wildman–Crippen MR) is 79.4 cm³/mol. The lowest BCUT2D eigenvalue weighted by molar-refractivity contribution is -0.0370. The molecule has 2 aliphatic rings. The molecule has 0 saturated carbocycles. The first-order chi connectivity index (χ1) is 9.58. The van der Waals surface area contributed by atoms with E-state index in [1.54, 1.807) is 0 Å². The molecule has 0 atom stereocenters. The second kappa shape index (κ2) is 4.98. The molecule has 1 amide bonds. The largest absolute Gasteiger partial charge is 0.382 e. The minimum absolute atomic E-state index is 0.0773. The van der Waals surface area contributed by atoms with Crippen molar-refractivity contribution < 1.29 is 9.53 Å². The van der Waals surface area contributed by atoms with Gasteiger partial charge in [-0.15, -0.1) is 0 Å². The van der Waals surface area contributed by atoms with Crippen LogP contribution in [0, 0.1) is 0 Å². The number of hydrogen-bond acceptors (Lipinski definition) is 4. The fourth-order valence-electron chi connectivity index (χ4n) is 2.76. The van der Waals surface area contributed by atoms with Crippen molar-refractivity contribution in [1.82, 2.24) is 4.90 Å². The molecule has 2 N–H and O–H groups in total. The quantitative estimate of drug-likeness (QED) is 0.820. The van der Waals surface area contributed by atoms with Crippen LogP contribution in [-0.2, 0) is 4.74 Å². The number of morpholine rings is 1. The number of hydrogen-bond donors (Lipinski definition) is 2. The Morgan fingerprint density at radius 3 is 2.75 bits per heavy atom. The van der Waals surface area contributed by atoms with E-state index in [9.17, 15) is 4.79 Å². The smallest absolute Gasteiger partial charge is 0.254 e. The van der Waals surface area contributed by atoms with E-state index in [0.29, 0.717) is 19.8 Å². The van der Waals surface area contributed by atoms with Crippen LogP contribution in [0.25, 0.3) is 0 Å². The summed E-state index contributed by atoms with van der Waals surface area (Å²) < 4.78 is 5.48. The molecule has 0 aliphatic carbocycles. The van der Waals surface area contributed by atoms with Crippen LogP contribution < -0.4 is 10.6 Å². The second-order valence-corrected chi connectivity index (χ2v) is 5.94. The third-order valence-electron chi connectivity index (χ3n) is 3.91. The molecule has 5 nitrogen and oxygen atoms in total. The Labute approximate surface area is 119 Å². The summed E-state index contributed by atoms with van der Waals surface area (Å²) in [7, 11) is 0. The normalized spacial score (nSPS) is 20.6. The lowest BCUT2D eigenvalue weighted by Gasteiger charge is -2.42. The number of nitrogens with zero attached hydrogens (tertiary/aromatic N) is 1. The van der Waals surface area contributed by atoms with Gasteiger partial charge in [-0.25, -0.2) is 0 Å². The fraction of sp³-hybridized carbons (Fsp3) is 0.533. The number of ether oxygens (including phenoxy) is 1. The molecule has 0 unspecified atom stereocenters. The monoisotopic (exact) mass is 275 g/mol. The molecular formula is C15H21N3O2. The SMILES string of the molecule is CC1(C)COCCN1C(=O)c1ccc2c(c1)NCCN2. The summed E-state index contributed by atoms with van der Waals surface area (Å²) in [6.07, 6.45) is 0. The van der Waals surface area contributed by atoms with Crippen LogP contribution in [0.1, 0.15) is 24.2 Å². The number of benzene rings is 1. The van der Waals surface area contributed by atoms with Crippen LogP contribution in [0.2, 0.25) is 0 Å². The van der Waals surface area contributed by atoms with Crippen molar-refractivity contribution in [1.29, 1.82) is 0 Å². The maximum absolute atomic E-state index is 12.7. The first-order valence-corrected chi connectivity index (χ1v) is 7.09. The molecule has 1 aromatic carbocycles. The van der Waals surface area contributed by atoms with Crippen molar-refractivity contribution in [2.24, 2.45) is 0 Å². The standard InChI is InChI=1S/C15H21N3O2/c1-15(2)10-20-8-7-18(15)14(19)11-3-4-12-13(9-11)17-6-5-16-12/h3-4,9,16-17H,5-8,10H2,1-2H3. The van der Waals surface area contributed by atoms with E-state index in [-0.39, 0.29) is 11.4 Å². The van der Waals surface area contributed by atoms with E-state index in [0.717, 1.165) is 30.0 Å². The zero-order valence-electron chi connectivity index (χ0n) is 12.0. The summed E-state index contributed by atoms with van der Waals surface area (Å²) >= 11 is 0. The number of rotatable bonds is 1. The van der Waals surface area contributed by atoms with Gasteiger partial charge in [0, 0.05) is 25.2 Å². The summed E-state index contributed by atoms with van der Waals surface area (Å²) in [5.41, 5.74) is 2.55. The van der Waals surface area contributed by atoms with Gasteiger partial charge in [-0.05, 0) is 32.0 Å². The molecule has 1 fully saturated rings. The molecule has 0 aromatic heterocycles. The maximum atomic E-state index is 12.7. The van der Waals surface area contributed by atoms with Crippen molar-refractivity contribution in [3.05, 3.63) is 23.8 Å². The molecule has 2 heterocycles. The van der Waals surface area contributed by atoms with E-state index < -0.39 is 0 Å². The first-order valence-electron chi connectivity index (χ1n) is 7.09. The highest BCUT2D eigenvalue weighted by Gasteiger charge is 2.34. The van der Waals surface area contributed by atoms with Crippen LogP contribution in [0.3, 0.4) is 0 Å². The van der Waals surface area contributed by atoms with E-state index in [1.165, 1.54) is 0 Å². The van der Waals surface area contributed by atoms with Crippen LogP contribution in [0.5, 0.6) is 0 Å². The lowest BCUT2D eigenvalue weighted by atomic mass is 10.0. The van der Waals surface area contributed by atoms with Crippen molar-refractivity contribution in [2.45, 2.75) is 19.4 Å². The molecule has 5 heteroatoms. The fourth-order valence-corrected chi connectivity index (χ4v) is 2.76. The Hall–Kier alpha value is -1.75. The van der Waals surface area contributed by atoms with E-state index in [2.05, 4.69) is 10.6 Å². The molecule has 3 rings (SSSR count). The molecule has 108 valence electrons. The van der Waals surface area contributed by atoms with Crippen molar-refractivity contribution in [3.8, 4) is 0 Å². The van der Waals surface area contributed by atoms with Gasteiger partial charge in [-0.2, -0.15) is 0 Å². The molecule has 0 bridgehead atoms. The summed E-state index contributed by atoms with van der Waals surface area (Å²) in [6.45, 7) is 7.73. The maximum Gasteiger partial charge on any atom is 0.254 e. The van der Waals surface area contributed by atoms with Crippen molar-refractivity contribution in [2.75, 3.05) is 43.5 Å². The summed E-state index contributed by atoms with van der Waals surface area (Å²) in [5, 5.41) is 6.64. The topological polar surface area (TPSA) is 53.6 Å². The summed E-state index contributed by atoms with van der Waals surface area (Å²) in [5.74, 6) is 0.0773. The Morgan fingerprint density at radius 2 is 2.00 bits per heavy atom. The third-order valence-corrected chi connectivity index (χ3v) is 3.91. The number of amides is 1. The average molecular weight is 275 g/mol. The zero-order chi connectivity index (χ0) is 14.2. The number of nitrogens with one attached hydrogen (secondary N) is 2. The number of anilines is 2. The van der Waals surface area contributed by atoms with Gasteiger partial charge in [0.2, 0.25) is 0 Å². The van der Waals surface area contributed by atoms with Gasteiger partial charge in [-0.1, -0.05) is 0 Å². The van der Waals surface area contributed by atoms with Gasteiger partial charge in [-0.3, -0.25) is 4.79 Å². The minimum atomic E-state index is -0.253. The van der Waals surface area contributed by atoms with Gasteiger partial charge in [0.1, 0.15) is 0 Å². The van der Waals surface area contributed by atoms with Crippen LogP contribution in [0.4, 0.5) is 11.4 Å². The van der Waals surface area contributed by atoms with E-state index >= 15 is 0 Å². The third kappa shape index (κ3) is 2.33. The molecule has 20 heavy (non-hydrogen) atoms. The first kappa shape index (κ1) is 13.2. The molecule has 0 spiro atoms. The van der Waals surface area contributed by atoms with Gasteiger partial charge in [0.05, 0.1) is 30.1 Å². The average Bonchev–Trinajstić information content (AvgIpc) is 2.45. The number of carbonyl (C=O) groups is 1. The highest BCUT2D eigenvalue weighted by atomic mass is 16.5. The molecule has 1 aromatic rings. The Bertz CT molecular complexity index is 528.